The first-order valence-corrected chi connectivity index (χ1v) is 7.27. The van der Waals surface area contributed by atoms with Crippen molar-refractivity contribution in [2.24, 2.45) is 5.92 Å². The number of nitrogens with one attached hydrogen (secondary N) is 1. The summed E-state index contributed by atoms with van der Waals surface area (Å²) in [5.41, 5.74) is 1.25. The van der Waals surface area contributed by atoms with E-state index >= 15 is 0 Å². The molecular formula is C16H25NO2. The third-order valence-corrected chi connectivity index (χ3v) is 3.44. The molecule has 3 nitrogen and oxygen atoms in total. The summed E-state index contributed by atoms with van der Waals surface area (Å²) in [4.78, 5) is 0. The minimum atomic E-state index is 0.551. The summed E-state index contributed by atoms with van der Waals surface area (Å²) >= 11 is 0. The SMILES string of the molecule is CC(C)CCC(C)NCc1ccc2c(c1)OCCO2. The topological polar surface area (TPSA) is 30.5 Å². The van der Waals surface area contributed by atoms with Crippen LogP contribution >= 0.6 is 0 Å². The Kier molecular flexibility index (Phi) is 5.08. The van der Waals surface area contributed by atoms with Gasteiger partial charge in [-0.15, -0.1) is 0 Å². The van der Waals surface area contributed by atoms with Crippen LogP contribution in [-0.4, -0.2) is 19.3 Å². The molecule has 0 radical (unpaired) electrons. The van der Waals surface area contributed by atoms with Crippen molar-refractivity contribution in [3.05, 3.63) is 23.8 Å². The maximum absolute atomic E-state index is 5.60. The van der Waals surface area contributed by atoms with Crippen LogP contribution in [0, 0.1) is 5.92 Å². The minimum absolute atomic E-state index is 0.551. The lowest BCUT2D eigenvalue weighted by atomic mass is 10.0. The second-order valence-corrected chi connectivity index (χ2v) is 5.73. The zero-order valence-electron chi connectivity index (χ0n) is 12.2. The lowest BCUT2D eigenvalue weighted by molar-refractivity contribution is 0.171. The molecule has 1 heterocycles. The van der Waals surface area contributed by atoms with Crippen molar-refractivity contribution in [2.75, 3.05) is 13.2 Å². The van der Waals surface area contributed by atoms with E-state index in [-0.39, 0.29) is 0 Å². The van der Waals surface area contributed by atoms with Crippen molar-refractivity contribution in [1.82, 2.24) is 5.32 Å². The fourth-order valence-corrected chi connectivity index (χ4v) is 2.18. The van der Waals surface area contributed by atoms with E-state index in [1.807, 2.05) is 6.07 Å². The second-order valence-electron chi connectivity index (χ2n) is 5.73. The molecule has 1 unspecified atom stereocenters. The Bertz CT molecular complexity index is 404. The highest BCUT2D eigenvalue weighted by Crippen LogP contribution is 2.30. The van der Waals surface area contributed by atoms with Gasteiger partial charge < -0.3 is 14.8 Å². The maximum Gasteiger partial charge on any atom is 0.161 e. The van der Waals surface area contributed by atoms with Gasteiger partial charge in [-0.05, 0) is 43.4 Å². The molecule has 19 heavy (non-hydrogen) atoms. The van der Waals surface area contributed by atoms with Crippen LogP contribution in [0.5, 0.6) is 11.5 Å². The third kappa shape index (κ3) is 4.43. The summed E-state index contributed by atoms with van der Waals surface area (Å²) < 4.78 is 11.1. The van der Waals surface area contributed by atoms with E-state index in [9.17, 15) is 0 Å². The highest BCUT2D eigenvalue weighted by atomic mass is 16.6. The zero-order chi connectivity index (χ0) is 13.7. The second kappa shape index (κ2) is 6.80. The molecule has 1 aliphatic rings. The molecule has 2 rings (SSSR count). The molecule has 1 aromatic rings. The number of ether oxygens (including phenoxy) is 2. The summed E-state index contributed by atoms with van der Waals surface area (Å²) in [5.74, 6) is 2.52. The van der Waals surface area contributed by atoms with Gasteiger partial charge in [-0.2, -0.15) is 0 Å². The molecule has 1 N–H and O–H groups in total. The molecule has 0 aromatic heterocycles. The maximum atomic E-state index is 5.60. The normalized spacial score (nSPS) is 15.6. The van der Waals surface area contributed by atoms with Gasteiger partial charge in [-0.25, -0.2) is 0 Å². The van der Waals surface area contributed by atoms with Crippen LogP contribution in [0.4, 0.5) is 0 Å². The highest BCUT2D eigenvalue weighted by Gasteiger charge is 2.12. The van der Waals surface area contributed by atoms with Gasteiger partial charge in [0.25, 0.3) is 0 Å². The van der Waals surface area contributed by atoms with Crippen molar-refractivity contribution in [3.8, 4) is 11.5 Å². The Hall–Kier alpha value is -1.22. The van der Waals surface area contributed by atoms with Crippen molar-refractivity contribution in [3.63, 3.8) is 0 Å². The Morgan fingerprint density at radius 3 is 2.53 bits per heavy atom. The van der Waals surface area contributed by atoms with E-state index < -0.39 is 0 Å². The molecule has 0 saturated heterocycles. The molecule has 1 aliphatic heterocycles. The molecule has 106 valence electrons. The van der Waals surface area contributed by atoms with Crippen LogP contribution in [0.15, 0.2) is 18.2 Å². The summed E-state index contributed by atoms with van der Waals surface area (Å²) in [6.45, 7) is 8.98. The summed E-state index contributed by atoms with van der Waals surface area (Å²) in [6.07, 6.45) is 2.50. The van der Waals surface area contributed by atoms with Crippen LogP contribution in [0.1, 0.15) is 39.2 Å². The average Bonchev–Trinajstić information content (AvgIpc) is 2.42. The fraction of sp³-hybridized carbons (Fsp3) is 0.625. The lowest BCUT2D eigenvalue weighted by Crippen LogP contribution is -2.26. The standard InChI is InChI=1S/C16H25NO2/c1-12(2)4-5-13(3)17-11-14-6-7-15-16(10-14)19-9-8-18-15/h6-7,10,12-13,17H,4-5,8-9,11H2,1-3H3. The Morgan fingerprint density at radius 1 is 1.05 bits per heavy atom. The first kappa shape index (κ1) is 14.2. The van der Waals surface area contributed by atoms with Gasteiger partial charge >= 0.3 is 0 Å². The van der Waals surface area contributed by atoms with Gasteiger partial charge in [0.1, 0.15) is 13.2 Å². The predicted molar refractivity (Wildman–Crippen MR) is 77.8 cm³/mol. The number of benzene rings is 1. The molecule has 0 spiro atoms. The Morgan fingerprint density at radius 2 is 1.79 bits per heavy atom. The highest BCUT2D eigenvalue weighted by molar-refractivity contribution is 5.43. The van der Waals surface area contributed by atoms with Crippen LogP contribution in [0.3, 0.4) is 0 Å². The molecule has 0 aliphatic carbocycles. The van der Waals surface area contributed by atoms with E-state index in [2.05, 4.69) is 38.2 Å². The van der Waals surface area contributed by atoms with Gasteiger partial charge in [-0.1, -0.05) is 19.9 Å². The number of hydrogen-bond acceptors (Lipinski definition) is 3. The van der Waals surface area contributed by atoms with E-state index in [0.29, 0.717) is 19.3 Å². The first-order chi connectivity index (χ1) is 9.15. The number of hydrogen-bond donors (Lipinski definition) is 1. The molecule has 0 amide bonds. The van der Waals surface area contributed by atoms with E-state index in [4.69, 9.17) is 9.47 Å². The first-order valence-electron chi connectivity index (χ1n) is 7.27. The van der Waals surface area contributed by atoms with Gasteiger partial charge in [0.05, 0.1) is 0 Å². The molecular weight excluding hydrogens is 238 g/mol. The molecule has 0 bridgehead atoms. The summed E-state index contributed by atoms with van der Waals surface area (Å²) in [6, 6.07) is 6.74. The van der Waals surface area contributed by atoms with Crippen LogP contribution in [0.25, 0.3) is 0 Å². The molecule has 1 atom stereocenters. The Labute approximate surface area is 116 Å². The largest absolute Gasteiger partial charge is 0.486 e. The van der Waals surface area contributed by atoms with Gasteiger partial charge in [0.2, 0.25) is 0 Å². The third-order valence-electron chi connectivity index (χ3n) is 3.44. The number of fused-ring (bicyclic) bond motifs is 1. The van der Waals surface area contributed by atoms with E-state index in [1.54, 1.807) is 0 Å². The molecule has 0 fully saturated rings. The fourth-order valence-electron chi connectivity index (χ4n) is 2.18. The zero-order valence-corrected chi connectivity index (χ0v) is 12.2. The molecule has 3 heteroatoms. The van der Waals surface area contributed by atoms with Gasteiger partial charge in [0, 0.05) is 12.6 Å². The van der Waals surface area contributed by atoms with Gasteiger partial charge in [-0.3, -0.25) is 0 Å². The monoisotopic (exact) mass is 263 g/mol. The minimum Gasteiger partial charge on any atom is -0.486 e. The number of rotatable bonds is 6. The Balaban J connectivity index is 1.82. The van der Waals surface area contributed by atoms with Crippen molar-refractivity contribution >= 4 is 0 Å². The average molecular weight is 263 g/mol. The van der Waals surface area contributed by atoms with Crippen LogP contribution in [0.2, 0.25) is 0 Å². The predicted octanol–water partition coefficient (Wildman–Crippen LogP) is 3.37. The van der Waals surface area contributed by atoms with Crippen molar-refractivity contribution in [2.45, 2.75) is 46.2 Å². The van der Waals surface area contributed by atoms with E-state index in [0.717, 1.165) is 24.0 Å². The molecule has 0 saturated carbocycles. The summed E-state index contributed by atoms with van der Waals surface area (Å²) in [5, 5.41) is 3.56. The van der Waals surface area contributed by atoms with Crippen LogP contribution < -0.4 is 14.8 Å². The van der Waals surface area contributed by atoms with E-state index in [1.165, 1.54) is 18.4 Å². The molecule has 1 aromatic carbocycles. The smallest absolute Gasteiger partial charge is 0.161 e. The summed E-state index contributed by atoms with van der Waals surface area (Å²) in [7, 11) is 0. The van der Waals surface area contributed by atoms with Crippen LogP contribution in [-0.2, 0) is 6.54 Å². The van der Waals surface area contributed by atoms with Gasteiger partial charge in [0.15, 0.2) is 11.5 Å². The lowest BCUT2D eigenvalue weighted by Gasteiger charge is -2.20. The van der Waals surface area contributed by atoms with Crippen molar-refractivity contribution < 1.29 is 9.47 Å². The van der Waals surface area contributed by atoms with Crippen molar-refractivity contribution in [1.29, 1.82) is 0 Å². The quantitative estimate of drug-likeness (QED) is 0.853.